The van der Waals surface area contributed by atoms with Crippen molar-refractivity contribution >= 4 is 17.6 Å². The van der Waals surface area contributed by atoms with E-state index in [-0.39, 0.29) is 12.5 Å². The second-order valence-electron chi connectivity index (χ2n) is 5.30. The molecule has 0 saturated carbocycles. The molecule has 0 radical (unpaired) electrons. The number of anilines is 1. The normalized spacial score (nSPS) is 10.2. The molecule has 122 valence electrons. The standard InChI is InChI=1S/C17H20N2O4/c1-12-15(8-9-22-12)17(21)23-11-16(20)18-10-13-4-6-14(7-5-13)19(2)3/h4-9H,10-11H2,1-3H3,(H,18,20). The van der Waals surface area contributed by atoms with E-state index in [0.717, 1.165) is 11.3 Å². The summed E-state index contributed by atoms with van der Waals surface area (Å²) in [5, 5.41) is 2.71. The third kappa shape index (κ3) is 4.60. The Kier molecular flexibility index (Phi) is 5.41. The van der Waals surface area contributed by atoms with Gasteiger partial charge in [0.2, 0.25) is 0 Å². The Morgan fingerprint density at radius 3 is 2.43 bits per heavy atom. The molecule has 0 spiro atoms. The minimum atomic E-state index is -0.568. The van der Waals surface area contributed by atoms with Crippen LogP contribution in [0, 0.1) is 6.92 Å². The van der Waals surface area contributed by atoms with Crippen LogP contribution in [-0.2, 0) is 16.1 Å². The van der Waals surface area contributed by atoms with Crippen LogP contribution < -0.4 is 10.2 Å². The zero-order valence-electron chi connectivity index (χ0n) is 13.5. The molecule has 0 aliphatic carbocycles. The van der Waals surface area contributed by atoms with Crippen molar-refractivity contribution in [1.82, 2.24) is 5.32 Å². The van der Waals surface area contributed by atoms with Crippen LogP contribution in [0.25, 0.3) is 0 Å². The summed E-state index contributed by atoms with van der Waals surface area (Å²) in [6.07, 6.45) is 1.41. The highest BCUT2D eigenvalue weighted by Gasteiger charge is 2.14. The van der Waals surface area contributed by atoms with Gasteiger partial charge >= 0.3 is 5.97 Å². The molecule has 6 heteroatoms. The summed E-state index contributed by atoms with van der Waals surface area (Å²) in [6, 6.07) is 9.35. The molecule has 0 fully saturated rings. The second kappa shape index (κ2) is 7.49. The summed E-state index contributed by atoms with van der Waals surface area (Å²) >= 11 is 0. The number of ether oxygens (including phenoxy) is 1. The van der Waals surface area contributed by atoms with E-state index >= 15 is 0 Å². The second-order valence-corrected chi connectivity index (χ2v) is 5.30. The maximum atomic E-state index is 11.7. The van der Waals surface area contributed by atoms with Crippen molar-refractivity contribution < 1.29 is 18.7 Å². The molecule has 1 heterocycles. The fourth-order valence-corrected chi connectivity index (χ4v) is 1.97. The summed E-state index contributed by atoms with van der Waals surface area (Å²) < 4.78 is 9.97. The molecular weight excluding hydrogens is 296 g/mol. The first kappa shape index (κ1) is 16.6. The first-order valence-corrected chi connectivity index (χ1v) is 7.21. The highest BCUT2D eigenvalue weighted by molar-refractivity contribution is 5.92. The first-order valence-electron chi connectivity index (χ1n) is 7.21. The van der Waals surface area contributed by atoms with Gasteiger partial charge in [0, 0.05) is 26.3 Å². The number of nitrogens with zero attached hydrogens (tertiary/aromatic N) is 1. The molecular formula is C17H20N2O4. The van der Waals surface area contributed by atoms with Gasteiger partial charge in [0.1, 0.15) is 11.3 Å². The molecule has 0 aliphatic rings. The van der Waals surface area contributed by atoms with E-state index in [2.05, 4.69) is 5.32 Å². The maximum Gasteiger partial charge on any atom is 0.342 e. The summed E-state index contributed by atoms with van der Waals surface area (Å²) in [6.45, 7) is 1.72. The van der Waals surface area contributed by atoms with Crippen molar-refractivity contribution in [3.63, 3.8) is 0 Å². The number of carbonyl (C=O) groups excluding carboxylic acids is 2. The number of hydrogen-bond donors (Lipinski definition) is 1. The molecule has 1 aromatic heterocycles. The number of esters is 1. The molecule has 0 unspecified atom stereocenters. The SMILES string of the molecule is Cc1occc1C(=O)OCC(=O)NCc1ccc(N(C)C)cc1. The number of rotatable bonds is 6. The van der Waals surface area contributed by atoms with Crippen molar-refractivity contribution in [3.8, 4) is 0 Å². The van der Waals surface area contributed by atoms with Crippen LogP contribution in [0.15, 0.2) is 41.0 Å². The summed E-state index contributed by atoms with van der Waals surface area (Å²) in [5.41, 5.74) is 2.39. The van der Waals surface area contributed by atoms with Gasteiger partial charge in [-0.2, -0.15) is 0 Å². The number of aryl methyl sites for hydroxylation is 1. The lowest BCUT2D eigenvalue weighted by molar-refractivity contribution is -0.124. The predicted octanol–water partition coefficient (Wildman–Crippen LogP) is 2.13. The number of nitrogens with one attached hydrogen (secondary N) is 1. The molecule has 6 nitrogen and oxygen atoms in total. The van der Waals surface area contributed by atoms with Crippen LogP contribution in [0.3, 0.4) is 0 Å². The van der Waals surface area contributed by atoms with Crippen LogP contribution in [-0.4, -0.2) is 32.6 Å². The topological polar surface area (TPSA) is 71.8 Å². The van der Waals surface area contributed by atoms with Crippen molar-refractivity contribution in [1.29, 1.82) is 0 Å². The Balaban J connectivity index is 1.77. The van der Waals surface area contributed by atoms with E-state index < -0.39 is 5.97 Å². The van der Waals surface area contributed by atoms with Gasteiger partial charge in [-0.3, -0.25) is 4.79 Å². The average Bonchev–Trinajstić information content (AvgIpc) is 2.97. The van der Waals surface area contributed by atoms with Crippen LogP contribution >= 0.6 is 0 Å². The summed E-state index contributed by atoms with van der Waals surface area (Å²) in [5.74, 6) is -0.450. The number of furan rings is 1. The quantitative estimate of drug-likeness (QED) is 0.827. The zero-order valence-corrected chi connectivity index (χ0v) is 13.5. The molecule has 2 aromatic rings. The van der Waals surface area contributed by atoms with Crippen LogP contribution in [0.2, 0.25) is 0 Å². The fraction of sp³-hybridized carbons (Fsp3) is 0.294. The lowest BCUT2D eigenvalue weighted by atomic mass is 10.2. The molecule has 23 heavy (non-hydrogen) atoms. The van der Waals surface area contributed by atoms with E-state index in [1.54, 1.807) is 6.92 Å². The van der Waals surface area contributed by atoms with Crippen molar-refractivity contribution in [2.24, 2.45) is 0 Å². The number of carbonyl (C=O) groups is 2. The van der Waals surface area contributed by atoms with Crippen molar-refractivity contribution in [3.05, 3.63) is 53.5 Å². The van der Waals surface area contributed by atoms with Crippen molar-refractivity contribution in [2.75, 3.05) is 25.6 Å². The molecule has 0 saturated heterocycles. The van der Waals surface area contributed by atoms with E-state index in [4.69, 9.17) is 9.15 Å². The maximum absolute atomic E-state index is 11.7. The van der Waals surface area contributed by atoms with E-state index in [0.29, 0.717) is 17.9 Å². The number of benzene rings is 1. The molecule has 1 aromatic carbocycles. The Hall–Kier alpha value is -2.76. The highest BCUT2D eigenvalue weighted by atomic mass is 16.5. The molecule has 2 rings (SSSR count). The lowest BCUT2D eigenvalue weighted by Crippen LogP contribution is -2.28. The summed E-state index contributed by atoms with van der Waals surface area (Å²) in [7, 11) is 3.93. The van der Waals surface area contributed by atoms with Gasteiger partial charge in [-0.05, 0) is 30.7 Å². The van der Waals surface area contributed by atoms with Gasteiger partial charge in [-0.15, -0.1) is 0 Å². The van der Waals surface area contributed by atoms with Gasteiger partial charge < -0.3 is 19.4 Å². The third-order valence-corrected chi connectivity index (χ3v) is 3.36. The predicted molar refractivity (Wildman–Crippen MR) is 86.3 cm³/mol. The number of amides is 1. The fourth-order valence-electron chi connectivity index (χ4n) is 1.97. The molecule has 1 amide bonds. The van der Waals surface area contributed by atoms with Crippen LogP contribution in [0.1, 0.15) is 21.7 Å². The van der Waals surface area contributed by atoms with Gasteiger partial charge in [0.15, 0.2) is 6.61 Å². The lowest BCUT2D eigenvalue weighted by Gasteiger charge is -2.13. The van der Waals surface area contributed by atoms with Crippen LogP contribution in [0.4, 0.5) is 5.69 Å². The van der Waals surface area contributed by atoms with E-state index in [1.165, 1.54) is 12.3 Å². The molecule has 0 atom stereocenters. The minimum absolute atomic E-state index is 0.320. The van der Waals surface area contributed by atoms with Gasteiger partial charge in [0.25, 0.3) is 5.91 Å². The molecule has 0 aliphatic heterocycles. The van der Waals surface area contributed by atoms with Crippen LogP contribution in [0.5, 0.6) is 0 Å². The van der Waals surface area contributed by atoms with E-state index in [1.807, 2.05) is 43.3 Å². The monoisotopic (exact) mass is 316 g/mol. The largest absolute Gasteiger partial charge is 0.469 e. The zero-order chi connectivity index (χ0) is 16.8. The Labute approximate surface area is 135 Å². The minimum Gasteiger partial charge on any atom is -0.469 e. The highest BCUT2D eigenvalue weighted by Crippen LogP contribution is 2.12. The molecule has 0 bridgehead atoms. The Morgan fingerprint density at radius 1 is 1.17 bits per heavy atom. The average molecular weight is 316 g/mol. The first-order chi connectivity index (χ1) is 11.0. The smallest absolute Gasteiger partial charge is 0.342 e. The van der Waals surface area contributed by atoms with Gasteiger partial charge in [0.05, 0.1) is 6.26 Å². The molecule has 1 N–H and O–H groups in total. The van der Waals surface area contributed by atoms with E-state index in [9.17, 15) is 9.59 Å². The van der Waals surface area contributed by atoms with Gasteiger partial charge in [-0.1, -0.05) is 12.1 Å². The van der Waals surface area contributed by atoms with Gasteiger partial charge in [-0.25, -0.2) is 4.79 Å². The van der Waals surface area contributed by atoms with Crippen molar-refractivity contribution in [2.45, 2.75) is 13.5 Å². The summed E-state index contributed by atoms with van der Waals surface area (Å²) in [4.78, 5) is 25.5. The number of hydrogen-bond acceptors (Lipinski definition) is 5. The Bertz CT molecular complexity index is 674. The third-order valence-electron chi connectivity index (χ3n) is 3.36. The Morgan fingerprint density at radius 2 is 1.87 bits per heavy atom.